The summed E-state index contributed by atoms with van der Waals surface area (Å²) in [5, 5.41) is 15.2. The average Bonchev–Trinajstić information content (AvgIpc) is 2.52. The lowest BCUT2D eigenvalue weighted by Crippen LogP contribution is -2.39. The zero-order chi connectivity index (χ0) is 15.1. The maximum absolute atomic E-state index is 11.8. The molecule has 0 spiro atoms. The third-order valence-electron chi connectivity index (χ3n) is 4.24. The van der Waals surface area contributed by atoms with Gasteiger partial charge in [-0.3, -0.25) is 0 Å². The highest BCUT2D eigenvalue weighted by atomic mass is 16.3. The molecule has 1 aliphatic carbocycles. The van der Waals surface area contributed by atoms with Crippen molar-refractivity contribution in [3.05, 3.63) is 35.4 Å². The van der Waals surface area contributed by atoms with Gasteiger partial charge in [0.2, 0.25) is 0 Å². The van der Waals surface area contributed by atoms with E-state index in [0.717, 1.165) is 19.3 Å². The molecule has 0 saturated carbocycles. The number of benzene rings is 1. The third kappa shape index (κ3) is 4.74. The number of amides is 2. The smallest absolute Gasteiger partial charge is 0.314 e. The van der Waals surface area contributed by atoms with Crippen LogP contribution in [0.3, 0.4) is 0 Å². The van der Waals surface area contributed by atoms with Crippen LogP contribution in [0.15, 0.2) is 24.3 Å². The zero-order valence-electron chi connectivity index (χ0n) is 12.8. The molecule has 1 aliphatic rings. The fraction of sp³-hybridized carbons (Fsp3) is 0.588. The molecule has 2 unspecified atom stereocenters. The molecule has 21 heavy (non-hydrogen) atoms. The molecule has 0 saturated heterocycles. The van der Waals surface area contributed by atoms with E-state index in [-0.39, 0.29) is 12.1 Å². The number of fused-ring (bicyclic) bond motifs is 1. The number of aryl methyl sites for hydroxylation is 1. The summed E-state index contributed by atoms with van der Waals surface area (Å²) in [5.41, 5.74) is 2.80. The highest BCUT2D eigenvalue weighted by Gasteiger charge is 2.20. The van der Waals surface area contributed by atoms with E-state index in [4.69, 9.17) is 0 Å². The topological polar surface area (TPSA) is 61.4 Å². The minimum atomic E-state index is -0.324. The van der Waals surface area contributed by atoms with Gasteiger partial charge in [0.25, 0.3) is 0 Å². The highest BCUT2D eigenvalue weighted by molar-refractivity contribution is 5.73. The average molecular weight is 290 g/mol. The summed E-state index contributed by atoms with van der Waals surface area (Å²) in [4.78, 5) is 11.8. The second kappa shape index (κ2) is 8.03. The summed E-state index contributed by atoms with van der Waals surface area (Å²) in [6, 6.07) is 8.38. The zero-order valence-corrected chi connectivity index (χ0v) is 12.8. The van der Waals surface area contributed by atoms with Crippen molar-refractivity contribution in [3.63, 3.8) is 0 Å². The van der Waals surface area contributed by atoms with Crippen molar-refractivity contribution in [3.8, 4) is 0 Å². The second-order valence-corrected chi connectivity index (χ2v) is 5.78. The summed E-state index contributed by atoms with van der Waals surface area (Å²) in [6.07, 6.45) is 4.47. The number of aliphatic hydroxyl groups excluding tert-OH is 1. The lowest BCUT2D eigenvalue weighted by Gasteiger charge is -2.25. The number of rotatable bonds is 6. The molecule has 0 bridgehead atoms. The predicted octanol–water partition coefficient (Wildman–Crippen LogP) is 2.57. The molecule has 116 valence electrons. The van der Waals surface area contributed by atoms with E-state index in [9.17, 15) is 9.90 Å². The standard InChI is InChI=1S/C17H26N2O2/c1-2-15(20)10-11-18-17(21)19-12-14-8-5-7-13-6-3-4-9-16(13)14/h3-4,6,9,14-15,20H,2,5,7-8,10-12H2,1H3,(H2,18,19,21). The first-order valence-electron chi connectivity index (χ1n) is 7.98. The van der Waals surface area contributed by atoms with Crippen molar-refractivity contribution in [1.82, 2.24) is 10.6 Å². The summed E-state index contributed by atoms with van der Waals surface area (Å²) < 4.78 is 0. The van der Waals surface area contributed by atoms with Crippen LogP contribution in [0.5, 0.6) is 0 Å². The molecule has 0 fully saturated rings. The van der Waals surface area contributed by atoms with Gasteiger partial charge in [-0.25, -0.2) is 4.79 Å². The Morgan fingerprint density at radius 2 is 2.19 bits per heavy atom. The molecule has 0 heterocycles. The number of aliphatic hydroxyl groups is 1. The van der Waals surface area contributed by atoms with E-state index in [0.29, 0.717) is 25.4 Å². The lowest BCUT2D eigenvalue weighted by molar-refractivity contribution is 0.160. The van der Waals surface area contributed by atoms with E-state index in [2.05, 4.69) is 34.9 Å². The van der Waals surface area contributed by atoms with Crippen LogP contribution >= 0.6 is 0 Å². The minimum absolute atomic E-state index is 0.138. The van der Waals surface area contributed by atoms with E-state index >= 15 is 0 Å². The molecular weight excluding hydrogens is 264 g/mol. The van der Waals surface area contributed by atoms with Crippen LogP contribution in [0.25, 0.3) is 0 Å². The number of urea groups is 1. The van der Waals surface area contributed by atoms with Gasteiger partial charge in [-0.15, -0.1) is 0 Å². The Bertz CT molecular complexity index is 462. The van der Waals surface area contributed by atoms with Gasteiger partial charge in [0.15, 0.2) is 0 Å². The molecule has 2 rings (SSSR count). The monoisotopic (exact) mass is 290 g/mol. The maximum Gasteiger partial charge on any atom is 0.314 e. The van der Waals surface area contributed by atoms with E-state index in [1.165, 1.54) is 17.5 Å². The Morgan fingerprint density at radius 3 is 3.00 bits per heavy atom. The largest absolute Gasteiger partial charge is 0.393 e. The molecule has 1 aromatic rings. The van der Waals surface area contributed by atoms with Gasteiger partial charge in [-0.1, -0.05) is 31.2 Å². The molecule has 1 aromatic carbocycles. The first-order chi connectivity index (χ1) is 10.2. The molecule has 2 atom stereocenters. The number of carbonyl (C=O) groups excluding carboxylic acids is 1. The minimum Gasteiger partial charge on any atom is -0.393 e. The summed E-state index contributed by atoms with van der Waals surface area (Å²) >= 11 is 0. The Labute approximate surface area is 126 Å². The van der Waals surface area contributed by atoms with Crippen molar-refractivity contribution >= 4 is 6.03 Å². The van der Waals surface area contributed by atoms with Crippen LogP contribution in [-0.2, 0) is 6.42 Å². The van der Waals surface area contributed by atoms with Crippen molar-refractivity contribution in [1.29, 1.82) is 0 Å². The van der Waals surface area contributed by atoms with Gasteiger partial charge < -0.3 is 15.7 Å². The van der Waals surface area contributed by atoms with Crippen LogP contribution < -0.4 is 10.6 Å². The number of carbonyl (C=O) groups is 1. The Hall–Kier alpha value is -1.55. The fourth-order valence-corrected chi connectivity index (χ4v) is 2.90. The predicted molar refractivity (Wildman–Crippen MR) is 84.4 cm³/mol. The Morgan fingerprint density at radius 1 is 1.38 bits per heavy atom. The summed E-state index contributed by atoms with van der Waals surface area (Å²) in [6.45, 7) is 3.13. The first kappa shape index (κ1) is 15.8. The van der Waals surface area contributed by atoms with Gasteiger partial charge in [0.05, 0.1) is 6.10 Å². The molecule has 2 amide bonds. The SMILES string of the molecule is CCC(O)CCNC(=O)NCC1CCCc2ccccc21. The van der Waals surface area contributed by atoms with Crippen molar-refractivity contribution in [2.24, 2.45) is 0 Å². The van der Waals surface area contributed by atoms with E-state index in [1.807, 2.05) is 6.92 Å². The molecule has 0 aromatic heterocycles. The molecule has 0 radical (unpaired) electrons. The number of hydrogen-bond acceptors (Lipinski definition) is 2. The highest BCUT2D eigenvalue weighted by Crippen LogP contribution is 2.30. The van der Waals surface area contributed by atoms with Gasteiger partial charge in [0.1, 0.15) is 0 Å². The van der Waals surface area contributed by atoms with Crippen LogP contribution in [0.1, 0.15) is 49.7 Å². The first-order valence-corrected chi connectivity index (χ1v) is 7.98. The molecule has 4 nitrogen and oxygen atoms in total. The normalized spacial score (nSPS) is 18.7. The van der Waals surface area contributed by atoms with Crippen LogP contribution in [0.2, 0.25) is 0 Å². The Balaban J connectivity index is 1.75. The van der Waals surface area contributed by atoms with Crippen molar-refractivity contribution < 1.29 is 9.90 Å². The summed E-state index contributed by atoms with van der Waals surface area (Å²) in [5.74, 6) is 0.418. The second-order valence-electron chi connectivity index (χ2n) is 5.78. The van der Waals surface area contributed by atoms with Crippen LogP contribution in [0.4, 0.5) is 4.79 Å². The number of nitrogens with one attached hydrogen (secondary N) is 2. The molecule has 4 heteroatoms. The Kier molecular flexibility index (Phi) is 6.05. The van der Waals surface area contributed by atoms with Crippen LogP contribution in [0, 0.1) is 0 Å². The quantitative estimate of drug-likeness (QED) is 0.754. The number of hydrogen-bond donors (Lipinski definition) is 3. The van der Waals surface area contributed by atoms with Crippen molar-refractivity contribution in [2.75, 3.05) is 13.1 Å². The molecule has 0 aliphatic heterocycles. The molecular formula is C17H26N2O2. The summed E-state index contributed by atoms with van der Waals surface area (Å²) in [7, 11) is 0. The van der Waals surface area contributed by atoms with E-state index in [1.54, 1.807) is 0 Å². The van der Waals surface area contributed by atoms with Gasteiger partial charge in [0, 0.05) is 19.0 Å². The van der Waals surface area contributed by atoms with Crippen LogP contribution in [-0.4, -0.2) is 30.3 Å². The van der Waals surface area contributed by atoms with Crippen molar-refractivity contribution in [2.45, 2.75) is 51.0 Å². The van der Waals surface area contributed by atoms with Gasteiger partial charge in [-0.2, -0.15) is 0 Å². The van der Waals surface area contributed by atoms with E-state index < -0.39 is 0 Å². The lowest BCUT2D eigenvalue weighted by atomic mass is 9.83. The third-order valence-corrected chi connectivity index (χ3v) is 4.24. The fourth-order valence-electron chi connectivity index (χ4n) is 2.90. The van der Waals surface area contributed by atoms with Gasteiger partial charge >= 0.3 is 6.03 Å². The maximum atomic E-state index is 11.8. The van der Waals surface area contributed by atoms with Gasteiger partial charge in [-0.05, 0) is 43.2 Å². The molecule has 3 N–H and O–H groups in total.